The van der Waals surface area contributed by atoms with E-state index in [9.17, 15) is 18.3 Å². The first-order valence-electron chi connectivity index (χ1n) is 14.0. The van der Waals surface area contributed by atoms with E-state index < -0.39 is 16.1 Å². The van der Waals surface area contributed by atoms with Crippen molar-refractivity contribution in [3.8, 4) is 17.1 Å². The zero-order chi connectivity index (χ0) is 29.6. The maximum Gasteiger partial charge on any atom is 0.327 e. The summed E-state index contributed by atoms with van der Waals surface area (Å²) in [6.07, 6.45) is 2.60. The molecule has 2 aliphatic rings. The van der Waals surface area contributed by atoms with E-state index in [1.54, 1.807) is 23.8 Å². The average molecular weight is 661 g/mol. The smallest absolute Gasteiger partial charge is 0.327 e. The molecule has 14 heteroatoms. The summed E-state index contributed by atoms with van der Waals surface area (Å²) in [5.41, 5.74) is 4.60. The Balaban J connectivity index is 1.15. The summed E-state index contributed by atoms with van der Waals surface area (Å²) in [5.74, 6) is 0.462. The average Bonchev–Trinajstić information content (AvgIpc) is 3.49. The van der Waals surface area contributed by atoms with Crippen LogP contribution >= 0.6 is 15.9 Å². The van der Waals surface area contributed by atoms with E-state index in [2.05, 4.69) is 30.8 Å². The maximum absolute atomic E-state index is 12.7. The van der Waals surface area contributed by atoms with Crippen LogP contribution in [0, 0.1) is 0 Å². The van der Waals surface area contributed by atoms with Crippen molar-refractivity contribution in [2.75, 3.05) is 39.5 Å². The number of H-pyrrole nitrogens is 1. The van der Waals surface area contributed by atoms with Crippen molar-refractivity contribution in [2.24, 2.45) is 0 Å². The third-order valence-corrected chi connectivity index (χ3v) is 9.99. The third-order valence-electron chi connectivity index (χ3n) is 8.21. The molecule has 0 spiro atoms. The topological polar surface area (TPSA) is 139 Å². The highest BCUT2D eigenvalue weighted by Gasteiger charge is 2.31. The van der Waals surface area contributed by atoms with Crippen LogP contribution in [-0.2, 0) is 29.5 Å². The molecule has 0 bridgehead atoms. The summed E-state index contributed by atoms with van der Waals surface area (Å²) >= 11 is 3.47. The quantitative estimate of drug-likeness (QED) is 0.294. The van der Waals surface area contributed by atoms with Gasteiger partial charge in [0.2, 0.25) is 15.9 Å². The number of ether oxygens (including phenoxy) is 1. The van der Waals surface area contributed by atoms with Gasteiger partial charge in [-0.05, 0) is 31.0 Å². The fourth-order valence-electron chi connectivity index (χ4n) is 6.09. The van der Waals surface area contributed by atoms with Crippen LogP contribution < -0.4 is 10.4 Å². The number of rotatable bonds is 8. The molecular weight excluding hydrogens is 626 g/mol. The number of halogens is 1. The number of piperidine rings is 1. The number of fused-ring (bicyclic) bond motifs is 2. The molecule has 0 aliphatic carbocycles. The van der Waals surface area contributed by atoms with Crippen molar-refractivity contribution in [1.82, 2.24) is 33.5 Å². The van der Waals surface area contributed by atoms with Gasteiger partial charge in [0, 0.05) is 72.5 Å². The number of hydrogen-bond acceptors (Lipinski definition) is 8. The summed E-state index contributed by atoms with van der Waals surface area (Å²) in [6.45, 7) is 2.89. The van der Waals surface area contributed by atoms with Crippen molar-refractivity contribution in [1.29, 1.82) is 0 Å². The van der Waals surface area contributed by atoms with Crippen LogP contribution in [0.1, 0.15) is 30.1 Å². The van der Waals surface area contributed by atoms with Crippen LogP contribution in [0.15, 0.2) is 45.7 Å². The molecule has 1 fully saturated rings. The number of nitrogens with zero attached hydrogens (tertiary/aromatic N) is 6. The highest BCUT2D eigenvalue weighted by Crippen LogP contribution is 2.32. The first-order chi connectivity index (χ1) is 20.1. The molecule has 1 atom stereocenters. The number of sulfonamides is 1. The summed E-state index contributed by atoms with van der Waals surface area (Å²) in [6, 6.07) is 11.3. The normalized spacial score (nSPS) is 17.9. The second-order valence-corrected chi connectivity index (χ2v) is 13.9. The first-order valence-corrected chi connectivity index (χ1v) is 16.6. The van der Waals surface area contributed by atoms with Crippen molar-refractivity contribution in [2.45, 2.75) is 44.5 Å². The Bertz CT molecular complexity index is 1760. The molecule has 4 aromatic rings. The molecule has 2 N–H and O–H groups in total. The number of imidazole rings is 1. The molecule has 42 heavy (non-hydrogen) atoms. The minimum Gasteiger partial charge on any atom is -0.481 e. The van der Waals surface area contributed by atoms with Gasteiger partial charge in [0.25, 0.3) is 0 Å². The van der Waals surface area contributed by atoms with E-state index in [1.165, 1.54) is 10.6 Å². The molecule has 12 nitrogen and oxygen atoms in total. The minimum absolute atomic E-state index is 0.00337. The fraction of sp³-hybridized carbons (Fsp3) is 0.464. The Morgan fingerprint density at radius 3 is 2.55 bits per heavy atom. The number of aliphatic hydroxyl groups excluding tert-OH is 1. The van der Waals surface area contributed by atoms with Crippen molar-refractivity contribution >= 4 is 37.1 Å². The molecule has 1 saturated heterocycles. The van der Waals surface area contributed by atoms with E-state index in [4.69, 9.17) is 9.84 Å². The predicted octanol–water partition coefficient (Wildman–Crippen LogP) is 2.37. The van der Waals surface area contributed by atoms with Crippen LogP contribution in [0.5, 0.6) is 5.88 Å². The summed E-state index contributed by atoms with van der Waals surface area (Å²) in [7, 11) is -1.79. The number of benzene rings is 1. The van der Waals surface area contributed by atoms with E-state index in [1.807, 2.05) is 28.9 Å². The molecule has 1 unspecified atom stereocenters. The van der Waals surface area contributed by atoms with E-state index >= 15 is 0 Å². The lowest BCUT2D eigenvalue weighted by atomic mass is 10.0. The van der Waals surface area contributed by atoms with Crippen molar-refractivity contribution < 1.29 is 18.3 Å². The lowest BCUT2D eigenvalue weighted by molar-refractivity contribution is 0.0762. The van der Waals surface area contributed by atoms with Gasteiger partial charge in [0.1, 0.15) is 0 Å². The third kappa shape index (κ3) is 5.78. The minimum atomic E-state index is -3.35. The van der Waals surface area contributed by atoms with Crippen LogP contribution in [0.4, 0.5) is 0 Å². The van der Waals surface area contributed by atoms with Crippen LogP contribution in [0.3, 0.4) is 0 Å². The predicted molar refractivity (Wildman–Crippen MR) is 162 cm³/mol. The standard InChI is InChI=1S/C28H34BrN7O5S/c1-41-25-8-7-23-27(31-25)36(28(38)30-23)20-9-12-33(13-10-20)15-21(37)16-35-24-11-14-34(42(2,39)40)17-22(24)26(32-35)18-3-5-19(29)6-4-18/h3-8,20-21,37H,9-17H2,1-2H3,(H,30,38). The summed E-state index contributed by atoms with van der Waals surface area (Å²) in [4.78, 5) is 22.3. The van der Waals surface area contributed by atoms with Crippen molar-refractivity contribution in [3.05, 3.63) is 62.6 Å². The molecule has 6 rings (SSSR count). The first kappa shape index (κ1) is 29.1. The molecule has 5 heterocycles. The van der Waals surface area contributed by atoms with Gasteiger partial charge in [0.05, 0.1) is 37.2 Å². The summed E-state index contributed by atoms with van der Waals surface area (Å²) in [5, 5.41) is 16.0. The van der Waals surface area contributed by atoms with Crippen LogP contribution in [0.25, 0.3) is 22.4 Å². The molecule has 224 valence electrons. The molecular formula is C28H34BrN7O5S. The van der Waals surface area contributed by atoms with Gasteiger partial charge in [-0.25, -0.2) is 13.2 Å². The largest absolute Gasteiger partial charge is 0.481 e. The van der Waals surface area contributed by atoms with Gasteiger partial charge >= 0.3 is 5.69 Å². The van der Waals surface area contributed by atoms with E-state index in [0.717, 1.165) is 52.9 Å². The highest BCUT2D eigenvalue weighted by atomic mass is 79.9. The Kier molecular flexibility index (Phi) is 8.00. The Hall–Kier alpha value is -3.04. The molecule has 2 aliphatic heterocycles. The number of hydrogen-bond donors (Lipinski definition) is 2. The van der Waals surface area contributed by atoms with Gasteiger partial charge in [0.15, 0.2) is 5.65 Å². The Labute approximate surface area is 252 Å². The number of β-amino-alcohol motifs (C(OH)–C–C–N with tert-alkyl or cyclic N) is 1. The number of nitrogens with one attached hydrogen (secondary N) is 1. The molecule has 0 saturated carbocycles. The Morgan fingerprint density at radius 2 is 1.86 bits per heavy atom. The van der Waals surface area contributed by atoms with E-state index in [-0.39, 0.29) is 18.3 Å². The monoisotopic (exact) mass is 659 g/mol. The molecule has 3 aromatic heterocycles. The number of aromatic nitrogens is 5. The van der Waals surface area contributed by atoms with Gasteiger partial charge < -0.3 is 19.7 Å². The van der Waals surface area contributed by atoms with Gasteiger partial charge in [-0.3, -0.25) is 9.25 Å². The zero-order valence-electron chi connectivity index (χ0n) is 23.5. The zero-order valence-corrected chi connectivity index (χ0v) is 25.9. The second-order valence-electron chi connectivity index (χ2n) is 11.0. The lowest BCUT2D eigenvalue weighted by Crippen LogP contribution is -2.42. The fourth-order valence-corrected chi connectivity index (χ4v) is 7.14. The number of likely N-dealkylation sites (tertiary alicyclic amines) is 1. The van der Waals surface area contributed by atoms with Gasteiger partial charge in [-0.1, -0.05) is 28.1 Å². The second kappa shape index (κ2) is 11.6. The number of aliphatic hydroxyl groups is 1. The number of pyridine rings is 1. The van der Waals surface area contributed by atoms with Crippen molar-refractivity contribution in [3.63, 3.8) is 0 Å². The van der Waals surface area contributed by atoms with Gasteiger partial charge in [-0.2, -0.15) is 14.4 Å². The molecule has 0 amide bonds. The summed E-state index contributed by atoms with van der Waals surface area (Å²) < 4.78 is 35.9. The maximum atomic E-state index is 12.7. The SMILES string of the molecule is COc1ccc2[nH]c(=O)n(C3CCN(CC(O)Cn4nc(-c5ccc(Br)cc5)c5c4CCN(S(C)(=O)=O)C5)CC3)c2n1. The highest BCUT2D eigenvalue weighted by molar-refractivity contribution is 9.10. The Morgan fingerprint density at radius 1 is 1.12 bits per heavy atom. The molecule has 0 radical (unpaired) electrons. The molecule has 1 aromatic carbocycles. The van der Waals surface area contributed by atoms with E-state index in [0.29, 0.717) is 43.1 Å². The van der Waals surface area contributed by atoms with Crippen LogP contribution in [-0.4, -0.2) is 92.7 Å². The number of aromatic amines is 1. The number of methoxy groups -OCH3 is 1. The van der Waals surface area contributed by atoms with Gasteiger partial charge in [-0.15, -0.1) is 0 Å². The lowest BCUT2D eigenvalue weighted by Gasteiger charge is -2.33. The van der Waals surface area contributed by atoms with Crippen LogP contribution in [0.2, 0.25) is 0 Å².